The number of rotatable bonds is 6. The molecule has 1 aliphatic rings. The number of hydrogen-bond acceptors (Lipinski definition) is 4. The summed E-state index contributed by atoms with van der Waals surface area (Å²) in [7, 11) is 1.54. The Labute approximate surface area is 149 Å². The zero-order valence-electron chi connectivity index (χ0n) is 14.2. The molecule has 1 unspecified atom stereocenters. The van der Waals surface area contributed by atoms with Gasteiger partial charge in [0.25, 0.3) is 5.91 Å². The summed E-state index contributed by atoms with van der Waals surface area (Å²) >= 11 is 0. The summed E-state index contributed by atoms with van der Waals surface area (Å²) < 4.78 is 5.11. The van der Waals surface area contributed by atoms with Crippen LogP contribution >= 0.6 is 12.4 Å². The molecule has 0 spiro atoms. The molecule has 0 saturated carbocycles. The first kappa shape index (κ1) is 20.4. The quantitative estimate of drug-likeness (QED) is 0.816. The van der Waals surface area contributed by atoms with E-state index in [4.69, 9.17) is 10.5 Å². The molecule has 1 atom stereocenters. The van der Waals surface area contributed by atoms with E-state index in [1.54, 1.807) is 12.1 Å². The summed E-state index contributed by atoms with van der Waals surface area (Å²) in [6.45, 7) is 3.83. The van der Waals surface area contributed by atoms with Crippen LogP contribution in [0.25, 0.3) is 0 Å². The molecule has 1 aromatic rings. The van der Waals surface area contributed by atoms with Gasteiger partial charge in [0, 0.05) is 38.0 Å². The zero-order valence-corrected chi connectivity index (χ0v) is 15.0. The van der Waals surface area contributed by atoms with Crippen molar-refractivity contribution in [1.82, 2.24) is 4.90 Å². The molecule has 134 valence electrons. The molecule has 0 aromatic heterocycles. The second-order valence-electron chi connectivity index (χ2n) is 5.87. The highest BCUT2D eigenvalue weighted by molar-refractivity contribution is 5.96. The number of carbonyl (C=O) groups is 2. The van der Waals surface area contributed by atoms with Crippen molar-refractivity contribution in [2.24, 2.45) is 5.73 Å². The Bertz CT molecular complexity index is 570. The predicted molar refractivity (Wildman–Crippen MR) is 96.7 cm³/mol. The molecule has 3 N–H and O–H groups in total. The molecule has 7 heteroatoms. The van der Waals surface area contributed by atoms with Crippen LogP contribution in [0.1, 0.15) is 35.2 Å². The number of aryl methyl sites for hydroxylation is 1. The van der Waals surface area contributed by atoms with Crippen molar-refractivity contribution >= 4 is 29.9 Å². The van der Waals surface area contributed by atoms with Gasteiger partial charge >= 0.3 is 0 Å². The van der Waals surface area contributed by atoms with E-state index in [2.05, 4.69) is 5.32 Å². The number of carbonyl (C=O) groups excluding carboxylic acids is 2. The van der Waals surface area contributed by atoms with E-state index in [-0.39, 0.29) is 36.7 Å². The number of anilines is 1. The van der Waals surface area contributed by atoms with Crippen LogP contribution < -0.4 is 11.1 Å². The molecule has 24 heavy (non-hydrogen) atoms. The van der Waals surface area contributed by atoms with Crippen LogP contribution in [0.4, 0.5) is 5.69 Å². The first-order chi connectivity index (χ1) is 11.0. The van der Waals surface area contributed by atoms with Crippen molar-refractivity contribution in [3.8, 4) is 0 Å². The average molecular weight is 356 g/mol. The van der Waals surface area contributed by atoms with Gasteiger partial charge in [-0.3, -0.25) is 9.59 Å². The van der Waals surface area contributed by atoms with Crippen molar-refractivity contribution in [3.63, 3.8) is 0 Å². The maximum absolute atomic E-state index is 12.4. The summed E-state index contributed by atoms with van der Waals surface area (Å²) in [5.41, 5.74) is 7.76. The van der Waals surface area contributed by atoms with Gasteiger partial charge in [0.15, 0.2) is 0 Å². The van der Waals surface area contributed by atoms with E-state index < -0.39 is 0 Å². The number of benzene rings is 1. The lowest BCUT2D eigenvalue weighted by molar-refractivity contribution is -0.118. The number of nitrogens with one attached hydrogen (secondary N) is 1. The Hall–Kier alpha value is -1.63. The molecule has 1 aromatic carbocycles. The monoisotopic (exact) mass is 355 g/mol. The Morgan fingerprint density at radius 1 is 1.33 bits per heavy atom. The first-order valence-corrected chi connectivity index (χ1v) is 7.97. The highest BCUT2D eigenvalue weighted by atomic mass is 35.5. The minimum absolute atomic E-state index is 0. The maximum Gasteiger partial charge on any atom is 0.253 e. The van der Waals surface area contributed by atoms with Crippen molar-refractivity contribution in [2.75, 3.05) is 32.1 Å². The highest BCUT2D eigenvalue weighted by Gasteiger charge is 2.20. The number of hydrogen-bond donors (Lipinski definition) is 2. The number of likely N-dealkylation sites (tertiary alicyclic amines) is 1. The molecule has 2 amide bonds. The van der Waals surface area contributed by atoms with Crippen LogP contribution in [-0.4, -0.2) is 49.6 Å². The summed E-state index contributed by atoms with van der Waals surface area (Å²) in [6, 6.07) is 5.37. The molecule has 1 fully saturated rings. The van der Waals surface area contributed by atoms with Crippen molar-refractivity contribution in [2.45, 2.75) is 32.3 Å². The van der Waals surface area contributed by atoms with Crippen LogP contribution in [0, 0.1) is 6.92 Å². The summed E-state index contributed by atoms with van der Waals surface area (Å²) in [6.07, 6.45) is 2.06. The number of amides is 2. The molecule has 2 rings (SSSR count). The third kappa shape index (κ3) is 5.19. The lowest BCUT2D eigenvalue weighted by Gasteiger charge is -2.17. The SMILES string of the molecule is COC(CN)CC(=O)Nc1ccc(C(=O)N2CCCC2)cc1C.Cl. The number of ether oxygens (including phenoxy) is 1. The Kier molecular flexibility index (Phi) is 8.18. The van der Waals surface area contributed by atoms with Gasteiger partial charge in [0.1, 0.15) is 0 Å². The van der Waals surface area contributed by atoms with Crippen molar-refractivity contribution in [1.29, 1.82) is 0 Å². The highest BCUT2D eigenvalue weighted by Crippen LogP contribution is 2.20. The van der Waals surface area contributed by atoms with Crippen LogP contribution in [0.2, 0.25) is 0 Å². The summed E-state index contributed by atoms with van der Waals surface area (Å²) in [5.74, 6) is -0.0879. The van der Waals surface area contributed by atoms with E-state index >= 15 is 0 Å². The van der Waals surface area contributed by atoms with Crippen LogP contribution in [0.5, 0.6) is 0 Å². The largest absolute Gasteiger partial charge is 0.380 e. The molecule has 0 aliphatic carbocycles. The fourth-order valence-corrected chi connectivity index (χ4v) is 2.71. The van der Waals surface area contributed by atoms with Crippen LogP contribution in [-0.2, 0) is 9.53 Å². The van der Waals surface area contributed by atoms with Crippen LogP contribution in [0.3, 0.4) is 0 Å². The third-order valence-electron chi connectivity index (χ3n) is 4.15. The molecular weight excluding hydrogens is 330 g/mol. The maximum atomic E-state index is 12.4. The number of nitrogens with zero attached hydrogens (tertiary/aromatic N) is 1. The number of methoxy groups -OCH3 is 1. The Morgan fingerprint density at radius 2 is 2.00 bits per heavy atom. The standard InChI is InChI=1S/C17H25N3O3.ClH/c1-12-9-13(17(22)20-7-3-4-8-20)5-6-15(12)19-16(21)10-14(11-18)23-2;/h5-6,9,14H,3-4,7-8,10-11,18H2,1-2H3,(H,19,21);1H. The average Bonchev–Trinajstić information content (AvgIpc) is 3.08. The smallest absolute Gasteiger partial charge is 0.253 e. The van der Waals surface area contributed by atoms with Crippen molar-refractivity contribution < 1.29 is 14.3 Å². The molecule has 0 radical (unpaired) electrons. The third-order valence-corrected chi connectivity index (χ3v) is 4.15. The minimum atomic E-state index is -0.286. The molecule has 6 nitrogen and oxygen atoms in total. The molecule has 1 heterocycles. The van der Waals surface area contributed by atoms with Gasteiger partial charge in [-0.25, -0.2) is 0 Å². The fraction of sp³-hybridized carbons (Fsp3) is 0.529. The zero-order chi connectivity index (χ0) is 16.8. The first-order valence-electron chi connectivity index (χ1n) is 7.97. The number of nitrogens with two attached hydrogens (primary N) is 1. The molecule has 0 bridgehead atoms. The predicted octanol–water partition coefficient (Wildman–Crippen LogP) is 1.96. The second-order valence-corrected chi connectivity index (χ2v) is 5.87. The number of halogens is 1. The van der Waals surface area contributed by atoms with E-state index in [0.29, 0.717) is 17.8 Å². The van der Waals surface area contributed by atoms with Gasteiger partial charge in [-0.1, -0.05) is 0 Å². The van der Waals surface area contributed by atoms with Gasteiger partial charge in [0.05, 0.1) is 12.5 Å². The minimum Gasteiger partial charge on any atom is -0.380 e. The normalized spacial score (nSPS) is 14.9. The molecule has 1 aliphatic heterocycles. The van der Waals surface area contributed by atoms with Gasteiger partial charge in [-0.15, -0.1) is 12.4 Å². The fourth-order valence-electron chi connectivity index (χ4n) is 2.71. The summed E-state index contributed by atoms with van der Waals surface area (Å²) in [4.78, 5) is 26.2. The summed E-state index contributed by atoms with van der Waals surface area (Å²) in [5, 5.41) is 2.85. The Balaban J connectivity index is 0.00000288. The van der Waals surface area contributed by atoms with Gasteiger partial charge in [-0.05, 0) is 43.5 Å². The second kappa shape index (κ2) is 9.61. The van der Waals surface area contributed by atoms with E-state index in [0.717, 1.165) is 31.5 Å². The topological polar surface area (TPSA) is 84.7 Å². The Morgan fingerprint density at radius 3 is 2.54 bits per heavy atom. The van der Waals surface area contributed by atoms with E-state index in [9.17, 15) is 9.59 Å². The molecule has 1 saturated heterocycles. The van der Waals surface area contributed by atoms with E-state index in [1.807, 2.05) is 17.9 Å². The van der Waals surface area contributed by atoms with Gasteiger partial charge in [0.2, 0.25) is 5.91 Å². The van der Waals surface area contributed by atoms with Crippen LogP contribution in [0.15, 0.2) is 18.2 Å². The van der Waals surface area contributed by atoms with E-state index in [1.165, 1.54) is 7.11 Å². The van der Waals surface area contributed by atoms with Gasteiger partial charge < -0.3 is 20.7 Å². The molecular formula is C17H26ClN3O3. The lowest BCUT2D eigenvalue weighted by atomic mass is 10.1. The van der Waals surface area contributed by atoms with Gasteiger partial charge in [-0.2, -0.15) is 0 Å². The lowest BCUT2D eigenvalue weighted by Crippen LogP contribution is -2.28. The van der Waals surface area contributed by atoms with Crippen molar-refractivity contribution in [3.05, 3.63) is 29.3 Å².